The van der Waals surface area contributed by atoms with Crippen LogP contribution >= 0.6 is 15.9 Å². The molecule has 0 aliphatic rings. The molecule has 1 unspecified atom stereocenters. The van der Waals surface area contributed by atoms with Gasteiger partial charge in [0.05, 0.1) is 7.11 Å². The highest BCUT2D eigenvalue weighted by Crippen LogP contribution is 2.19. The first-order valence-corrected chi connectivity index (χ1v) is 6.14. The van der Waals surface area contributed by atoms with Crippen LogP contribution in [0.5, 0.6) is 5.75 Å². The van der Waals surface area contributed by atoms with Gasteiger partial charge in [-0.3, -0.25) is 4.79 Å². The lowest BCUT2D eigenvalue weighted by atomic mass is 10.1. The lowest BCUT2D eigenvalue weighted by molar-refractivity contribution is -0.140. The van der Waals surface area contributed by atoms with Crippen molar-refractivity contribution in [3.8, 4) is 5.75 Å². The molecular formula is C12H15BrO4. The number of halogens is 1. The summed E-state index contributed by atoms with van der Waals surface area (Å²) in [6.45, 7) is 0.254. The van der Waals surface area contributed by atoms with Crippen LogP contribution < -0.4 is 4.74 Å². The summed E-state index contributed by atoms with van der Waals surface area (Å²) in [6.07, 6.45) is 0.529. The number of benzene rings is 1. The van der Waals surface area contributed by atoms with Crippen LogP contribution in [0.2, 0.25) is 0 Å². The van der Waals surface area contributed by atoms with Gasteiger partial charge < -0.3 is 14.6 Å². The van der Waals surface area contributed by atoms with Crippen LogP contribution in [0.25, 0.3) is 0 Å². The van der Waals surface area contributed by atoms with Crippen LogP contribution in [0.4, 0.5) is 0 Å². The fourth-order valence-corrected chi connectivity index (χ4v) is 1.65. The SMILES string of the molecule is COC(=O)C(Br)COc1ccccc1CCO. The molecule has 1 atom stereocenters. The third-order valence-corrected chi connectivity index (χ3v) is 2.83. The summed E-state index contributed by atoms with van der Waals surface area (Å²) in [5, 5.41) is 8.91. The highest BCUT2D eigenvalue weighted by Gasteiger charge is 2.16. The van der Waals surface area contributed by atoms with Crippen LogP contribution in [0, 0.1) is 0 Å². The molecule has 1 aromatic carbocycles. The zero-order valence-corrected chi connectivity index (χ0v) is 11.1. The molecule has 0 amide bonds. The number of carbonyl (C=O) groups is 1. The Morgan fingerprint density at radius 2 is 2.18 bits per heavy atom. The van der Waals surface area contributed by atoms with Crippen LogP contribution in [-0.2, 0) is 16.0 Å². The zero-order valence-electron chi connectivity index (χ0n) is 9.56. The number of esters is 1. The number of aliphatic hydroxyl groups excluding tert-OH is 1. The van der Waals surface area contributed by atoms with Crippen molar-refractivity contribution in [2.45, 2.75) is 11.2 Å². The number of alkyl halides is 1. The quantitative estimate of drug-likeness (QED) is 0.640. The summed E-state index contributed by atoms with van der Waals surface area (Å²) in [4.78, 5) is 10.7. The van der Waals surface area contributed by atoms with E-state index in [0.29, 0.717) is 12.2 Å². The van der Waals surface area contributed by atoms with Crippen molar-refractivity contribution in [1.82, 2.24) is 0 Å². The zero-order chi connectivity index (χ0) is 12.7. The highest BCUT2D eigenvalue weighted by molar-refractivity contribution is 9.10. The minimum absolute atomic E-state index is 0.0646. The molecule has 0 spiro atoms. The molecule has 4 nitrogen and oxygen atoms in total. The Morgan fingerprint density at radius 3 is 2.82 bits per heavy atom. The van der Waals surface area contributed by atoms with Crippen molar-refractivity contribution in [3.63, 3.8) is 0 Å². The molecule has 0 aliphatic heterocycles. The number of aliphatic hydroxyl groups is 1. The van der Waals surface area contributed by atoms with Gasteiger partial charge in [-0.1, -0.05) is 34.1 Å². The Labute approximate surface area is 109 Å². The topological polar surface area (TPSA) is 55.8 Å². The van der Waals surface area contributed by atoms with Gasteiger partial charge in [-0.2, -0.15) is 0 Å². The maximum atomic E-state index is 11.2. The Morgan fingerprint density at radius 1 is 1.47 bits per heavy atom. The van der Waals surface area contributed by atoms with Crippen LogP contribution in [0.1, 0.15) is 5.56 Å². The van der Waals surface area contributed by atoms with Crippen LogP contribution in [0.3, 0.4) is 0 Å². The molecule has 0 radical (unpaired) electrons. The van der Waals surface area contributed by atoms with E-state index in [9.17, 15) is 4.79 Å². The summed E-state index contributed by atoms with van der Waals surface area (Å²) >= 11 is 3.18. The summed E-state index contributed by atoms with van der Waals surface area (Å²) in [5.74, 6) is 0.305. The smallest absolute Gasteiger partial charge is 0.322 e. The lowest BCUT2D eigenvalue weighted by Gasteiger charge is -2.12. The van der Waals surface area contributed by atoms with Gasteiger partial charge in [-0.25, -0.2) is 0 Å². The van der Waals surface area contributed by atoms with Crippen molar-refractivity contribution in [1.29, 1.82) is 0 Å². The van der Waals surface area contributed by atoms with E-state index in [1.807, 2.05) is 24.3 Å². The fraction of sp³-hybridized carbons (Fsp3) is 0.417. The van der Waals surface area contributed by atoms with E-state index in [1.54, 1.807) is 0 Å². The van der Waals surface area contributed by atoms with E-state index in [1.165, 1.54) is 7.11 Å². The van der Waals surface area contributed by atoms with Crippen LogP contribution in [0.15, 0.2) is 24.3 Å². The molecule has 17 heavy (non-hydrogen) atoms. The molecule has 0 saturated heterocycles. The maximum Gasteiger partial charge on any atom is 0.322 e. The summed E-state index contributed by atoms with van der Waals surface area (Å²) in [6, 6.07) is 7.41. The Kier molecular flexibility index (Phi) is 6.00. The number of hydrogen-bond acceptors (Lipinski definition) is 4. The molecule has 0 heterocycles. The minimum Gasteiger partial charge on any atom is -0.492 e. The van der Waals surface area contributed by atoms with Crippen molar-refractivity contribution in [2.75, 3.05) is 20.3 Å². The van der Waals surface area contributed by atoms with Gasteiger partial charge >= 0.3 is 5.97 Å². The minimum atomic E-state index is -0.491. The predicted molar refractivity (Wildman–Crippen MR) is 67.5 cm³/mol. The largest absolute Gasteiger partial charge is 0.492 e. The molecule has 1 rings (SSSR count). The van der Waals surface area contributed by atoms with E-state index in [2.05, 4.69) is 20.7 Å². The Bertz CT molecular complexity index is 367. The molecule has 0 saturated carbocycles. The van der Waals surface area contributed by atoms with Crippen molar-refractivity contribution in [2.24, 2.45) is 0 Å². The van der Waals surface area contributed by atoms with Gasteiger partial charge in [0.1, 0.15) is 17.2 Å². The fourth-order valence-electron chi connectivity index (χ4n) is 1.33. The Balaban J connectivity index is 2.59. The van der Waals surface area contributed by atoms with E-state index in [4.69, 9.17) is 9.84 Å². The first-order chi connectivity index (χ1) is 8.19. The maximum absolute atomic E-state index is 11.2. The summed E-state index contributed by atoms with van der Waals surface area (Å²) in [5.41, 5.74) is 0.916. The number of methoxy groups -OCH3 is 1. The normalized spacial score (nSPS) is 11.9. The van der Waals surface area contributed by atoms with Crippen molar-refractivity contribution >= 4 is 21.9 Å². The second kappa shape index (κ2) is 7.29. The second-order valence-electron chi connectivity index (χ2n) is 3.38. The molecule has 1 aromatic rings. The van der Waals surface area contributed by atoms with E-state index >= 15 is 0 Å². The number of rotatable bonds is 6. The number of carbonyl (C=O) groups excluding carboxylic acids is 1. The average molecular weight is 303 g/mol. The summed E-state index contributed by atoms with van der Waals surface area (Å²) in [7, 11) is 1.33. The highest BCUT2D eigenvalue weighted by atomic mass is 79.9. The third-order valence-electron chi connectivity index (χ3n) is 2.20. The van der Waals surface area contributed by atoms with E-state index in [-0.39, 0.29) is 19.2 Å². The molecule has 5 heteroatoms. The first-order valence-electron chi connectivity index (χ1n) is 5.22. The average Bonchev–Trinajstić information content (AvgIpc) is 2.36. The van der Waals surface area contributed by atoms with Gasteiger partial charge in [0.25, 0.3) is 0 Å². The molecule has 0 fully saturated rings. The first kappa shape index (κ1) is 14.0. The van der Waals surface area contributed by atoms with Crippen molar-refractivity contribution < 1.29 is 19.4 Å². The second-order valence-corrected chi connectivity index (χ2v) is 4.49. The van der Waals surface area contributed by atoms with E-state index in [0.717, 1.165) is 5.56 Å². The molecule has 0 aromatic heterocycles. The third kappa shape index (κ3) is 4.36. The van der Waals surface area contributed by atoms with Gasteiger partial charge in [0, 0.05) is 6.61 Å². The van der Waals surface area contributed by atoms with Gasteiger partial charge in [-0.15, -0.1) is 0 Å². The van der Waals surface area contributed by atoms with Gasteiger partial charge in [-0.05, 0) is 18.1 Å². The number of ether oxygens (including phenoxy) is 2. The monoisotopic (exact) mass is 302 g/mol. The van der Waals surface area contributed by atoms with Crippen LogP contribution in [-0.4, -0.2) is 36.2 Å². The van der Waals surface area contributed by atoms with Gasteiger partial charge in [0.15, 0.2) is 0 Å². The summed E-state index contributed by atoms with van der Waals surface area (Å²) < 4.78 is 10.1. The number of para-hydroxylation sites is 1. The van der Waals surface area contributed by atoms with Crippen molar-refractivity contribution in [3.05, 3.63) is 29.8 Å². The molecular weight excluding hydrogens is 288 g/mol. The predicted octanol–water partition coefficient (Wildman–Crippen LogP) is 1.54. The standard InChI is InChI=1S/C12H15BrO4/c1-16-12(15)10(13)8-17-11-5-3-2-4-9(11)6-7-14/h2-5,10,14H,6-8H2,1H3. The number of hydrogen-bond donors (Lipinski definition) is 1. The Hall–Kier alpha value is -1.07. The molecule has 0 aliphatic carbocycles. The lowest BCUT2D eigenvalue weighted by Crippen LogP contribution is -2.23. The molecule has 1 N–H and O–H groups in total. The molecule has 0 bridgehead atoms. The molecule has 94 valence electrons. The van der Waals surface area contributed by atoms with E-state index < -0.39 is 4.83 Å². The van der Waals surface area contributed by atoms with Gasteiger partial charge in [0.2, 0.25) is 0 Å².